The standard InChI is InChI=1S/C16H20N4O4/c1-19-16(23)11(15(22)18-19)10-14(21)17-12-4-2-3-5-13(12)20-6-8-24-9-7-20/h2-5,11H,6-10H2,1H3,(H,17,21)(H,18,22). The Balaban J connectivity index is 1.68. The molecule has 2 aliphatic rings. The summed E-state index contributed by atoms with van der Waals surface area (Å²) in [6.45, 7) is 2.79. The Kier molecular flexibility index (Phi) is 4.66. The molecule has 2 fully saturated rings. The summed E-state index contributed by atoms with van der Waals surface area (Å²) in [5.41, 5.74) is 3.97. The monoisotopic (exact) mass is 332 g/mol. The number of hydrazine groups is 1. The molecule has 2 saturated heterocycles. The number of nitrogens with one attached hydrogen (secondary N) is 2. The van der Waals surface area contributed by atoms with Crippen molar-refractivity contribution in [1.29, 1.82) is 0 Å². The lowest BCUT2D eigenvalue weighted by Crippen LogP contribution is -2.36. The minimum atomic E-state index is -0.967. The van der Waals surface area contributed by atoms with Crippen LogP contribution in [0.25, 0.3) is 0 Å². The fraction of sp³-hybridized carbons (Fsp3) is 0.438. The Hall–Kier alpha value is -2.61. The largest absolute Gasteiger partial charge is 0.378 e. The van der Waals surface area contributed by atoms with E-state index in [0.717, 1.165) is 23.8 Å². The second kappa shape index (κ2) is 6.88. The highest BCUT2D eigenvalue weighted by Gasteiger charge is 2.38. The van der Waals surface area contributed by atoms with Crippen LogP contribution in [-0.2, 0) is 19.1 Å². The molecule has 3 amide bonds. The van der Waals surface area contributed by atoms with Gasteiger partial charge in [-0.2, -0.15) is 0 Å². The number of para-hydroxylation sites is 2. The molecule has 2 aliphatic heterocycles. The van der Waals surface area contributed by atoms with E-state index in [4.69, 9.17) is 4.74 Å². The number of carbonyl (C=O) groups excluding carboxylic acids is 3. The van der Waals surface area contributed by atoms with Crippen molar-refractivity contribution in [3.8, 4) is 0 Å². The van der Waals surface area contributed by atoms with Gasteiger partial charge >= 0.3 is 0 Å². The van der Waals surface area contributed by atoms with Crippen LogP contribution < -0.4 is 15.6 Å². The van der Waals surface area contributed by atoms with E-state index in [9.17, 15) is 14.4 Å². The van der Waals surface area contributed by atoms with Gasteiger partial charge in [0, 0.05) is 26.6 Å². The molecule has 2 heterocycles. The molecule has 8 nitrogen and oxygen atoms in total. The fourth-order valence-electron chi connectivity index (χ4n) is 2.87. The fourth-order valence-corrected chi connectivity index (χ4v) is 2.87. The lowest BCUT2D eigenvalue weighted by Gasteiger charge is -2.30. The number of amides is 3. The summed E-state index contributed by atoms with van der Waals surface area (Å²) < 4.78 is 5.35. The van der Waals surface area contributed by atoms with Crippen molar-refractivity contribution in [2.75, 3.05) is 43.6 Å². The third kappa shape index (κ3) is 3.33. The summed E-state index contributed by atoms with van der Waals surface area (Å²) in [6.07, 6.45) is -0.174. The Morgan fingerprint density at radius 3 is 2.67 bits per heavy atom. The molecule has 0 bridgehead atoms. The smallest absolute Gasteiger partial charge is 0.253 e. The van der Waals surface area contributed by atoms with Crippen LogP contribution in [0.2, 0.25) is 0 Å². The van der Waals surface area contributed by atoms with E-state index in [2.05, 4.69) is 15.6 Å². The van der Waals surface area contributed by atoms with Crippen molar-refractivity contribution in [2.45, 2.75) is 6.42 Å². The Bertz CT molecular complexity index is 657. The normalized spacial score (nSPS) is 21.0. The van der Waals surface area contributed by atoms with Crippen molar-refractivity contribution in [3.05, 3.63) is 24.3 Å². The maximum absolute atomic E-state index is 12.3. The van der Waals surface area contributed by atoms with Gasteiger partial charge < -0.3 is 15.0 Å². The van der Waals surface area contributed by atoms with Crippen molar-refractivity contribution >= 4 is 29.1 Å². The molecular weight excluding hydrogens is 312 g/mol. The molecule has 8 heteroatoms. The zero-order chi connectivity index (χ0) is 17.1. The van der Waals surface area contributed by atoms with E-state index < -0.39 is 17.7 Å². The van der Waals surface area contributed by atoms with Gasteiger partial charge in [0.15, 0.2) is 0 Å². The zero-order valence-corrected chi connectivity index (χ0v) is 13.4. The number of hydrogen-bond acceptors (Lipinski definition) is 5. The lowest BCUT2D eigenvalue weighted by molar-refractivity contribution is -0.134. The number of nitrogens with zero attached hydrogens (tertiary/aromatic N) is 2. The van der Waals surface area contributed by atoms with Crippen LogP contribution in [-0.4, -0.2) is 56.1 Å². The van der Waals surface area contributed by atoms with Crippen LogP contribution in [0.5, 0.6) is 0 Å². The number of anilines is 2. The van der Waals surface area contributed by atoms with Gasteiger partial charge in [0.1, 0.15) is 5.92 Å². The number of morpholine rings is 1. The first-order valence-corrected chi connectivity index (χ1v) is 7.86. The molecule has 0 radical (unpaired) electrons. The van der Waals surface area contributed by atoms with Crippen molar-refractivity contribution < 1.29 is 19.1 Å². The van der Waals surface area contributed by atoms with Crippen molar-refractivity contribution in [1.82, 2.24) is 10.4 Å². The van der Waals surface area contributed by atoms with Crippen LogP contribution in [0.3, 0.4) is 0 Å². The summed E-state index contributed by atoms with van der Waals surface area (Å²) in [4.78, 5) is 38.0. The molecule has 1 aromatic rings. The molecule has 128 valence electrons. The Labute approximate surface area is 139 Å². The number of hydrogen-bond donors (Lipinski definition) is 2. The van der Waals surface area contributed by atoms with E-state index in [1.807, 2.05) is 24.3 Å². The molecule has 2 N–H and O–H groups in total. The van der Waals surface area contributed by atoms with E-state index in [-0.39, 0.29) is 12.3 Å². The van der Waals surface area contributed by atoms with Crippen LogP contribution in [0.15, 0.2) is 24.3 Å². The first-order valence-electron chi connectivity index (χ1n) is 7.86. The molecule has 0 aromatic heterocycles. The van der Waals surface area contributed by atoms with Gasteiger partial charge in [-0.25, -0.2) is 0 Å². The highest BCUT2D eigenvalue weighted by atomic mass is 16.5. The quantitative estimate of drug-likeness (QED) is 0.756. The summed E-state index contributed by atoms with van der Waals surface area (Å²) >= 11 is 0. The second-order valence-electron chi connectivity index (χ2n) is 5.79. The summed E-state index contributed by atoms with van der Waals surface area (Å²) in [5, 5.41) is 3.93. The van der Waals surface area contributed by atoms with Gasteiger partial charge in [0.25, 0.3) is 11.8 Å². The Morgan fingerprint density at radius 2 is 2.00 bits per heavy atom. The van der Waals surface area contributed by atoms with E-state index in [0.29, 0.717) is 18.9 Å². The van der Waals surface area contributed by atoms with E-state index in [1.54, 1.807) is 0 Å². The summed E-state index contributed by atoms with van der Waals surface area (Å²) in [5.74, 6) is -2.17. The van der Waals surface area contributed by atoms with Gasteiger partial charge in [0.05, 0.1) is 24.6 Å². The van der Waals surface area contributed by atoms with Crippen LogP contribution in [0.4, 0.5) is 11.4 Å². The molecule has 3 rings (SSSR count). The third-order valence-corrected chi connectivity index (χ3v) is 4.14. The van der Waals surface area contributed by atoms with E-state index in [1.165, 1.54) is 7.05 Å². The van der Waals surface area contributed by atoms with Crippen LogP contribution in [0.1, 0.15) is 6.42 Å². The first kappa shape index (κ1) is 16.3. The molecule has 1 atom stereocenters. The van der Waals surface area contributed by atoms with E-state index >= 15 is 0 Å². The average Bonchev–Trinajstić information content (AvgIpc) is 2.82. The predicted octanol–water partition coefficient (Wildman–Crippen LogP) is -0.0288. The molecule has 1 aromatic carbocycles. The number of carbonyl (C=O) groups is 3. The first-order chi connectivity index (χ1) is 11.6. The van der Waals surface area contributed by atoms with Crippen LogP contribution in [0, 0.1) is 5.92 Å². The van der Waals surface area contributed by atoms with Crippen LogP contribution >= 0.6 is 0 Å². The average molecular weight is 332 g/mol. The zero-order valence-electron chi connectivity index (χ0n) is 13.4. The molecule has 0 saturated carbocycles. The maximum atomic E-state index is 12.3. The second-order valence-corrected chi connectivity index (χ2v) is 5.79. The minimum absolute atomic E-state index is 0.174. The van der Waals surface area contributed by atoms with Crippen molar-refractivity contribution in [3.63, 3.8) is 0 Å². The van der Waals surface area contributed by atoms with Gasteiger partial charge in [-0.1, -0.05) is 12.1 Å². The maximum Gasteiger partial charge on any atom is 0.253 e. The van der Waals surface area contributed by atoms with Gasteiger partial charge in [-0.05, 0) is 12.1 Å². The lowest BCUT2D eigenvalue weighted by atomic mass is 10.0. The highest BCUT2D eigenvalue weighted by Crippen LogP contribution is 2.27. The summed E-state index contributed by atoms with van der Waals surface area (Å²) in [6, 6.07) is 7.48. The molecule has 24 heavy (non-hydrogen) atoms. The minimum Gasteiger partial charge on any atom is -0.378 e. The summed E-state index contributed by atoms with van der Waals surface area (Å²) in [7, 11) is 1.46. The predicted molar refractivity (Wildman–Crippen MR) is 87.1 cm³/mol. The number of rotatable bonds is 4. The van der Waals surface area contributed by atoms with Gasteiger partial charge in [-0.15, -0.1) is 0 Å². The highest BCUT2D eigenvalue weighted by molar-refractivity contribution is 6.09. The molecule has 0 spiro atoms. The topological polar surface area (TPSA) is 91.0 Å². The SMILES string of the molecule is CN1NC(=O)C(CC(=O)Nc2ccccc2N2CCOCC2)C1=O. The number of benzene rings is 1. The molecule has 0 aliphatic carbocycles. The Morgan fingerprint density at radius 1 is 1.29 bits per heavy atom. The van der Waals surface area contributed by atoms with Crippen molar-refractivity contribution in [2.24, 2.45) is 5.92 Å². The molecular formula is C16H20N4O4. The van der Waals surface area contributed by atoms with Gasteiger partial charge in [0.2, 0.25) is 5.91 Å². The third-order valence-electron chi connectivity index (χ3n) is 4.14. The number of ether oxygens (including phenoxy) is 1. The molecule has 1 unspecified atom stereocenters. The van der Waals surface area contributed by atoms with Gasteiger partial charge in [-0.3, -0.25) is 24.8 Å².